The third kappa shape index (κ3) is 2.92. The topological polar surface area (TPSA) is 131 Å². The molecule has 0 fully saturated rings. The van der Waals surface area contributed by atoms with Gasteiger partial charge in [0.05, 0.1) is 21.5 Å². The van der Waals surface area contributed by atoms with Crippen LogP contribution in [-0.4, -0.2) is 22.6 Å². The number of esters is 1. The number of nitro benzene ring substituents is 2. The number of fused-ring (bicyclic) bond motifs is 1. The largest absolute Gasteiger partial charge is 0.454 e. The maximum atomic E-state index is 12.1. The molecule has 0 spiro atoms. The standard InChI is InChI=1S/C14H8N2O8/c17-14(24-11-1-2-12-13(6-11)23-7-22-12)8-3-9(15(18)19)5-10(4-8)16(20)21/h1-6H,7H2. The van der Waals surface area contributed by atoms with Crippen LogP contribution in [0.15, 0.2) is 36.4 Å². The molecule has 1 aliphatic rings. The zero-order valence-electron chi connectivity index (χ0n) is 11.8. The number of rotatable bonds is 4. The molecule has 0 aliphatic carbocycles. The molecule has 1 aliphatic heterocycles. The maximum Gasteiger partial charge on any atom is 0.344 e. The average Bonchev–Trinajstić information content (AvgIpc) is 3.01. The van der Waals surface area contributed by atoms with E-state index in [-0.39, 0.29) is 18.1 Å². The van der Waals surface area contributed by atoms with Crippen LogP contribution in [-0.2, 0) is 0 Å². The summed E-state index contributed by atoms with van der Waals surface area (Å²) in [6.45, 7) is 0.0454. The molecule has 10 heteroatoms. The van der Waals surface area contributed by atoms with Crippen LogP contribution in [0.3, 0.4) is 0 Å². The first kappa shape index (κ1) is 15.2. The molecule has 0 radical (unpaired) electrons. The molecule has 122 valence electrons. The van der Waals surface area contributed by atoms with Crippen molar-refractivity contribution in [3.05, 3.63) is 62.2 Å². The van der Waals surface area contributed by atoms with Gasteiger partial charge in [0, 0.05) is 18.2 Å². The second-order valence-corrected chi connectivity index (χ2v) is 4.66. The van der Waals surface area contributed by atoms with E-state index in [4.69, 9.17) is 14.2 Å². The van der Waals surface area contributed by atoms with Gasteiger partial charge in [0.2, 0.25) is 6.79 Å². The third-order valence-electron chi connectivity index (χ3n) is 3.11. The van der Waals surface area contributed by atoms with Gasteiger partial charge in [-0.05, 0) is 12.1 Å². The van der Waals surface area contributed by atoms with Gasteiger partial charge in [-0.15, -0.1) is 0 Å². The lowest BCUT2D eigenvalue weighted by Gasteiger charge is -2.05. The highest BCUT2D eigenvalue weighted by molar-refractivity contribution is 5.92. The molecule has 0 bridgehead atoms. The van der Waals surface area contributed by atoms with E-state index >= 15 is 0 Å². The molecule has 2 aromatic carbocycles. The Bertz CT molecular complexity index is 832. The molecule has 3 rings (SSSR count). The molecule has 0 aromatic heterocycles. The quantitative estimate of drug-likeness (QED) is 0.361. The predicted molar refractivity (Wildman–Crippen MR) is 77.3 cm³/mol. The minimum atomic E-state index is -0.972. The minimum Gasteiger partial charge on any atom is -0.454 e. The Kier molecular flexibility index (Phi) is 3.70. The van der Waals surface area contributed by atoms with Crippen LogP contribution in [0.5, 0.6) is 17.2 Å². The second kappa shape index (κ2) is 5.83. The molecule has 0 amide bonds. The van der Waals surface area contributed by atoms with Gasteiger partial charge in [-0.2, -0.15) is 0 Å². The fourth-order valence-electron chi connectivity index (χ4n) is 2.03. The number of benzene rings is 2. The van der Waals surface area contributed by atoms with Crippen LogP contribution in [0.25, 0.3) is 0 Å². The number of ether oxygens (including phenoxy) is 3. The Labute approximate surface area is 133 Å². The smallest absolute Gasteiger partial charge is 0.344 e. The summed E-state index contributed by atoms with van der Waals surface area (Å²) in [6, 6.07) is 6.95. The summed E-state index contributed by atoms with van der Waals surface area (Å²) in [7, 11) is 0. The highest BCUT2D eigenvalue weighted by Gasteiger charge is 2.22. The lowest BCUT2D eigenvalue weighted by Crippen LogP contribution is -2.09. The van der Waals surface area contributed by atoms with Crippen molar-refractivity contribution in [1.82, 2.24) is 0 Å². The van der Waals surface area contributed by atoms with Gasteiger partial charge >= 0.3 is 5.97 Å². The highest BCUT2D eigenvalue weighted by atomic mass is 16.7. The summed E-state index contributed by atoms with van der Waals surface area (Å²) in [5.41, 5.74) is -1.47. The summed E-state index contributed by atoms with van der Waals surface area (Å²) in [6.07, 6.45) is 0. The Morgan fingerprint density at radius 3 is 2.21 bits per heavy atom. The molecule has 10 nitrogen and oxygen atoms in total. The van der Waals surface area contributed by atoms with Gasteiger partial charge in [-0.25, -0.2) is 4.79 Å². The third-order valence-corrected chi connectivity index (χ3v) is 3.11. The fourth-order valence-corrected chi connectivity index (χ4v) is 2.03. The summed E-state index contributed by atoms with van der Waals surface area (Å²) >= 11 is 0. The fraction of sp³-hybridized carbons (Fsp3) is 0.0714. The number of non-ortho nitro benzene ring substituents is 2. The maximum absolute atomic E-state index is 12.1. The molecule has 0 atom stereocenters. The first-order valence-electron chi connectivity index (χ1n) is 6.50. The van der Waals surface area contributed by atoms with Crippen LogP contribution in [0, 0.1) is 20.2 Å². The lowest BCUT2D eigenvalue weighted by atomic mass is 10.2. The van der Waals surface area contributed by atoms with Gasteiger partial charge in [0.25, 0.3) is 11.4 Å². The molecule has 1 heterocycles. The summed E-state index contributed by atoms with van der Waals surface area (Å²) < 4.78 is 15.3. The normalized spacial score (nSPS) is 11.8. The van der Waals surface area contributed by atoms with Crippen molar-refractivity contribution in [2.45, 2.75) is 0 Å². The van der Waals surface area contributed by atoms with E-state index in [0.717, 1.165) is 18.2 Å². The van der Waals surface area contributed by atoms with Crippen molar-refractivity contribution in [3.63, 3.8) is 0 Å². The van der Waals surface area contributed by atoms with E-state index in [1.807, 2.05) is 0 Å². The first-order valence-corrected chi connectivity index (χ1v) is 6.50. The molecule has 24 heavy (non-hydrogen) atoms. The van der Waals surface area contributed by atoms with E-state index in [9.17, 15) is 25.0 Å². The molecule has 0 saturated heterocycles. The van der Waals surface area contributed by atoms with E-state index in [1.165, 1.54) is 18.2 Å². The van der Waals surface area contributed by atoms with Crippen molar-refractivity contribution in [2.24, 2.45) is 0 Å². The van der Waals surface area contributed by atoms with Gasteiger partial charge in [0.1, 0.15) is 5.75 Å². The van der Waals surface area contributed by atoms with Crippen LogP contribution < -0.4 is 14.2 Å². The molecular formula is C14H8N2O8. The number of carbonyl (C=O) groups excluding carboxylic acids is 1. The molecule has 0 N–H and O–H groups in total. The number of nitro groups is 2. The molecular weight excluding hydrogens is 324 g/mol. The Balaban J connectivity index is 1.89. The lowest BCUT2D eigenvalue weighted by molar-refractivity contribution is -0.394. The van der Waals surface area contributed by atoms with Gasteiger partial charge < -0.3 is 14.2 Å². The SMILES string of the molecule is O=C(Oc1ccc2c(c1)OCO2)c1cc([N+](=O)[O-])cc([N+](=O)[O-])c1. The predicted octanol–water partition coefficient (Wildman–Crippen LogP) is 2.45. The van der Waals surface area contributed by atoms with E-state index < -0.39 is 27.2 Å². The minimum absolute atomic E-state index is 0.0454. The number of hydrogen-bond donors (Lipinski definition) is 0. The number of hydrogen-bond acceptors (Lipinski definition) is 8. The Morgan fingerprint density at radius 1 is 0.958 bits per heavy atom. The van der Waals surface area contributed by atoms with Crippen molar-refractivity contribution < 1.29 is 28.9 Å². The van der Waals surface area contributed by atoms with Gasteiger partial charge in [0.15, 0.2) is 11.5 Å². The van der Waals surface area contributed by atoms with E-state index in [2.05, 4.69) is 0 Å². The van der Waals surface area contributed by atoms with Crippen molar-refractivity contribution >= 4 is 17.3 Å². The molecule has 0 unspecified atom stereocenters. The average molecular weight is 332 g/mol. The van der Waals surface area contributed by atoms with E-state index in [0.29, 0.717) is 11.5 Å². The van der Waals surface area contributed by atoms with Crippen LogP contribution in [0.4, 0.5) is 11.4 Å². The number of carbonyl (C=O) groups is 1. The Morgan fingerprint density at radius 2 is 1.58 bits per heavy atom. The monoisotopic (exact) mass is 332 g/mol. The van der Waals surface area contributed by atoms with Gasteiger partial charge in [-0.1, -0.05) is 0 Å². The highest BCUT2D eigenvalue weighted by Crippen LogP contribution is 2.35. The summed E-state index contributed by atoms with van der Waals surface area (Å²) in [5, 5.41) is 21.7. The molecule has 2 aromatic rings. The second-order valence-electron chi connectivity index (χ2n) is 4.66. The summed E-state index contributed by atoms with van der Waals surface area (Å²) in [4.78, 5) is 32.1. The molecule has 0 saturated carbocycles. The van der Waals surface area contributed by atoms with Crippen LogP contribution in [0.1, 0.15) is 10.4 Å². The summed E-state index contributed by atoms with van der Waals surface area (Å²) in [5.74, 6) is 0.00480. The van der Waals surface area contributed by atoms with E-state index in [1.54, 1.807) is 0 Å². The van der Waals surface area contributed by atoms with Crippen molar-refractivity contribution in [1.29, 1.82) is 0 Å². The van der Waals surface area contributed by atoms with Gasteiger partial charge in [-0.3, -0.25) is 20.2 Å². The zero-order chi connectivity index (χ0) is 17.3. The first-order chi connectivity index (χ1) is 11.4. The van der Waals surface area contributed by atoms with Crippen molar-refractivity contribution in [3.8, 4) is 17.2 Å². The van der Waals surface area contributed by atoms with Crippen molar-refractivity contribution in [2.75, 3.05) is 6.79 Å². The van der Waals surface area contributed by atoms with Crippen LogP contribution >= 0.6 is 0 Å². The zero-order valence-corrected chi connectivity index (χ0v) is 11.8. The number of nitrogens with zero attached hydrogens (tertiary/aromatic N) is 2. The Hall–Kier alpha value is -3.69. The van der Waals surface area contributed by atoms with Crippen LogP contribution in [0.2, 0.25) is 0 Å².